The van der Waals surface area contributed by atoms with E-state index in [1.807, 2.05) is 23.4 Å². The van der Waals surface area contributed by atoms with Crippen LogP contribution in [0.2, 0.25) is 4.34 Å². The number of aromatic amines is 1. The third-order valence-corrected chi connectivity index (χ3v) is 8.08. The van der Waals surface area contributed by atoms with E-state index in [-0.39, 0.29) is 5.91 Å². The minimum absolute atomic E-state index is 0.00487. The molecule has 4 aromatic heterocycles. The molecule has 1 N–H and O–H groups in total. The van der Waals surface area contributed by atoms with Gasteiger partial charge >= 0.3 is 0 Å². The molecule has 9 nitrogen and oxygen atoms in total. The number of piperidine rings is 1. The smallest absolute Gasteiger partial charge is 0.258 e. The van der Waals surface area contributed by atoms with Crippen molar-refractivity contribution in [3.05, 3.63) is 46.3 Å². The standard InChI is InChI=1S/C23H24ClN7O2S/c1-33-20-18(12-34-21(20)24)23(32)29-6-3-15(4-7-29)30-10-16(11-30)31-9-14(8-28-31)19-17-2-5-25-22(17)27-13-26-19/h2,5,8-9,12-13,15-16H,3-4,6-7,10-11H2,1H3,(H,25,26,27). The number of halogens is 1. The molecule has 0 bridgehead atoms. The van der Waals surface area contributed by atoms with Crippen LogP contribution in [0.4, 0.5) is 0 Å². The van der Waals surface area contributed by atoms with Crippen molar-refractivity contribution in [1.29, 1.82) is 0 Å². The van der Waals surface area contributed by atoms with Gasteiger partial charge in [0.2, 0.25) is 0 Å². The minimum Gasteiger partial charge on any atom is -0.493 e. The van der Waals surface area contributed by atoms with Gasteiger partial charge in [-0.05, 0) is 18.9 Å². The molecule has 0 saturated carbocycles. The van der Waals surface area contributed by atoms with Crippen LogP contribution in [0, 0.1) is 0 Å². The Bertz CT molecular complexity index is 1330. The highest BCUT2D eigenvalue weighted by atomic mass is 35.5. The summed E-state index contributed by atoms with van der Waals surface area (Å²) in [5.74, 6) is 0.493. The molecule has 6 heterocycles. The predicted molar refractivity (Wildman–Crippen MR) is 131 cm³/mol. The molecule has 0 unspecified atom stereocenters. The van der Waals surface area contributed by atoms with Crippen molar-refractivity contribution in [2.45, 2.75) is 24.9 Å². The van der Waals surface area contributed by atoms with Crippen LogP contribution in [0.1, 0.15) is 29.2 Å². The van der Waals surface area contributed by atoms with E-state index >= 15 is 0 Å². The van der Waals surface area contributed by atoms with Gasteiger partial charge in [0.15, 0.2) is 5.75 Å². The van der Waals surface area contributed by atoms with E-state index in [1.54, 1.807) is 18.8 Å². The lowest BCUT2D eigenvalue weighted by Crippen LogP contribution is -2.56. The molecule has 2 aliphatic heterocycles. The van der Waals surface area contributed by atoms with Gasteiger partial charge in [-0.25, -0.2) is 9.97 Å². The maximum atomic E-state index is 12.9. The first-order chi connectivity index (χ1) is 16.6. The molecule has 0 aliphatic carbocycles. The molecule has 4 aromatic rings. The lowest BCUT2D eigenvalue weighted by Gasteiger charge is -2.47. The SMILES string of the molecule is COc1c(C(=O)N2CCC(N3CC(n4cc(-c5ncnc6[nH]ccc56)cn4)C3)CC2)csc1Cl. The molecule has 0 radical (unpaired) electrons. The number of rotatable bonds is 5. The van der Waals surface area contributed by atoms with Gasteiger partial charge in [0, 0.05) is 60.9 Å². The Hall–Kier alpha value is -2.95. The summed E-state index contributed by atoms with van der Waals surface area (Å²) in [5.41, 5.74) is 3.29. The van der Waals surface area contributed by atoms with Crippen molar-refractivity contribution in [3.63, 3.8) is 0 Å². The number of carbonyl (C=O) groups is 1. The van der Waals surface area contributed by atoms with Crippen molar-refractivity contribution in [2.24, 2.45) is 0 Å². The maximum absolute atomic E-state index is 12.9. The van der Waals surface area contributed by atoms with Crippen LogP contribution in [0.25, 0.3) is 22.3 Å². The second-order valence-corrected chi connectivity index (χ2v) is 10.2. The second-order valence-electron chi connectivity index (χ2n) is 8.76. The summed E-state index contributed by atoms with van der Waals surface area (Å²) in [6, 6.07) is 2.84. The van der Waals surface area contributed by atoms with Crippen LogP contribution >= 0.6 is 22.9 Å². The predicted octanol–water partition coefficient (Wildman–Crippen LogP) is 3.71. The fourth-order valence-electron chi connectivity index (χ4n) is 4.98. The molecular formula is C23H24ClN7O2S. The number of hydrogen-bond acceptors (Lipinski definition) is 7. The van der Waals surface area contributed by atoms with Gasteiger partial charge in [-0.2, -0.15) is 5.10 Å². The van der Waals surface area contributed by atoms with Gasteiger partial charge < -0.3 is 14.6 Å². The summed E-state index contributed by atoms with van der Waals surface area (Å²) in [6.07, 6.45) is 9.35. The monoisotopic (exact) mass is 497 g/mol. The van der Waals surface area contributed by atoms with Gasteiger partial charge in [0.05, 0.1) is 30.6 Å². The van der Waals surface area contributed by atoms with Crippen LogP contribution in [0.5, 0.6) is 5.75 Å². The molecule has 176 valence electrons. The Balaban J connectivity index is 1.05. The van der Waals surface area contributed by atoms with E-state index < -0.39 is 0 Å². The van der Waals surface area contributed by atoms with E-state index in [9.17, 15) is 4.79 Å². The summed E-state index contributed by atoms with van der Waals surface area (Å²) < 4.78 is 7.89. The number of fused-ring (bicyclic) bond motifs is 1. The Kier molecular flexibility index (Phi) is 5.51. The summed E-state index contributed by atoms with van der Waals surface area (Å²) in [5, 5.41) is 7.41. The van der Waals surface area contributed by atoms with Gasteiger partial charge in [-0.15, -0.1) is 11.3 Å². The molecular weight excluding hydrogens is 474 g/mol. The summed E-state index contributed by atoms with van der Waals surface area (Å²) in [6.45, 7) is 3.43. The van der Waals surface area contributed by atoms with Crippen molar-refractivity contribution < 1.29 is 9.53 Å². The number of methoxy groups -OCH3 is 1. The number of hydrogen-bond donors (Lipinski definition) is 1. The van der Waals surface area contributed by atoms with Crippen LogP contribution < -0.4 is 4.74 Å². The lowest BCUT2D eigenvalue weighted by molar-refractivity contribution is 0.0197. The molecule has 2 saturated heterocycles. The Morgan fingerprint density at radius 2 is 2.06 bits per heavy atom. The molecule has 2 aliphatic rings. The fraction of sp³-hybridized carbons (Fsp3) is 0.391. The highest BCUT2D eigenvalue weighted by Gasteiger charge is 2.36. The molecule has 0 spiro atoms. The average Bonchev–Trinajstić information content (AvgIpc) is 3.57. The first-order valence-corrected chi connectivity index (χ1v) is 12.5. The molecule has 1 amide bonds. The first kappa shape index (κ1) is 21.6. The first-order valence-electron chi connectivity index (χ1n) is 11.3. The van der Waals surface area contributed by atoms with E-state index in [4.69, 9.17) is 16.3 Å². The number of H-pyrrole nitrogens is 1. The number of thiophene rings is 1. The Labute approximate surface area is 205 Å². The van der Waals surface area contributed by atoms with Crippen molar-refractivity contribution >= 4 is 39.9 Å². The Morgan fingerprint density at radius 1 is 1.24 bits per heavy atom. The zero-order valence-corrected chi connectivity index (χ0v) is 20.2. The second kappa shape index (κ2) is 8.68. The van der Waals surface area contributed by atoms with Crippen LogP contribution in [0.15, 0.2) is 36.4 Å². The maximum Gasteiger partial charge on any atom is 0.258 e. The average molecular weight is 498 g/mol. The Morgan fingerprint density at radius 3 is 2.85 bits per heavy atom. The van der Waals surface area contributed by atoms with Crippen molar-refractivity contribution in [3.8, 4) is 17.0 Å². The van der Waals surface area contributed by atoms with Crippen LogP contribution in [-0.2, 0) is 0 Å². The van der Waals surface area contributed by atoms with E-state index in [2.05, 4.69) is 35.8 Å². The summed E-state index contributed by atoms with van der Waals surface area (Å²) in [7, 11) is 1.55. The number of nitrogens with one attached hydrogen (secondary N) is 1. The highest BCUT2D eigenvalue weighted by Crippen LogP contribution is 2.36. The van der Waals surface area contributed by atoms with Crippen molar-refractivity contribution in [2.75, 3.05) is 33.3 Å². The zero-order chi connectivity index (χ0) is 23.2. The van der Waals surface area contributed by atoms with Crippen LogP contribution in [-0.4, -0.2) is 79.8 Å². The number of amides is 1. The molecule has 0 aromatic carbocycles. The zero-order valence-electron chi connectivity index (χ0n) is 18.6. The molecule has 0 atom stereocenters. The topological polar surface area (TPSA) is 92.2 Å². The normalized spacial score (nSPS) is 17.9. The quantitative estimate of drug-likeness (QED) is 0.452. The minimum atomic E-state index is 0.00487. The van der Waals surface area contributed by atoms with Gasteiger partial charge in [-0.1, -0.05) is 11.6 Å². The molecule has 11 heteroatoms. The third kappa shape index (κ3) is 3.66. The molecule has 34 heavy (non-hydrogen) atoms. The van der Waals surface area contributed by atoms with E-state index in [0.717, 1.165) is 61.3 Å². The summed E-state index contributed by atoms with van der Waals surface area (Å²) >= 11 is 7.47. The van der Waals surface area contributed by atoms with E-state index in [0.29, 0.717) is 27.7 Å². The molecule has 2 fully saturated rings. The van der Waals surface area contributed by atoms with Gasteiger partial charge in [0.25, 0.3) is 5.91 Å². The number of carbonyl (C=O) groups excluding carboxylic acids is 1. The summed E-state index contributed by atoms with van der Waals surface area (Å²) in [4.78, 5) is 29.2. The van der Waals surface area contributed by atoms with Crippen LogP contribution in [0.3, 0.4) is 0 Å². The fourth-order valence-corrected chi connectivity index (χ4v) is 6.02. The third-order valence-electron chi connectivity index (χ3n) is 6.90. The molecule has 6 rings (SSSR count). The number of ether oxygens (including phenoxy) is 1. The largest absolute Gasteiger partial charge is 0.493 e. The van der Waals surface area contributed by atoms with Gasteiger partial charge in [-0.3, -0.25) is 14.4 Å². The number of nitrogens with zero attached hydrogens (tertiary/aromatic N) is 6. The lowest BCUT2D eigenvalue weighted by atomic mass is 9.97. The van der Waals surface area contributed by atoms with Crippen molar-refractivity contribution in [1.82, 2.24) is 34.5 Å². The van der Waals surface area contributed by atoms with Gasteiger partial charge in [0.1, 0.15) is 16.3 Å². The number of aromatic nitrogens is 5. The van der Waals surface area contributed by atoms with E-state index in [1.165, 1.54) is 11.3 Å². The highest BCUT2D eigenvalue weighted by molar-refractivity contribution is 7.15. The number of likely N-dealkylation sites (tertiary alicyclic amines) is 2.